The van der Waals surface area contributed by atoms with Crippen LogP contribution >= 0.6 is 0 Å². The summed E-state index contributed by atoms with van der Waals surface area (Å²) in [4.78, 5) is 25.4. The molecule has 2 aromatic heterocycles. The molecule has 168 valence electrons. The number of nitrogens with one attached hydrogen (secondary N) is 1. The van der Waals surface area contributed by atoms with Crippen LogP contribution in [0.4, 0.5) is 22.9 Å². The molecule has 1 saturated heterocycles. The molecule has 0 radical (unpaired) electrons. The fraction of sp³-hybridized carbons (Fsp3) is 0.320. The highest BCUT2D eigenvalue weighted by molar-refractivity contribution is 5.97. The Kier molecular flexibility index (Phi) is 4.60. The summed E-state index contributed by atoms with van der Waals surface area (Å²) in [5.41, 5.74) is 6.31. The van der Waals surface area contributed by atoms with Crippen LogP contribution in [0.25, 0.3) is 11.1 Å². The van der Waals surface area contributed by atoms with Crippen LogP contribution in [0.3, 0.4) is 0 Å². The van der Waals surface area contributed by atoms with Crippen LogP contribution in [-0.2, 0) is 4.79 Å². The lowest BCUT2D eigenvalue weighted by atomic mass is 9.90. The van der Waals surface area contributed by atoms with Crippen LogP contribution in [0.1, 0.15) is 31.4 Å². The van der Waals surface area contributed by atoms with E-state index in [4.69, 9.17) is 9.47 Å². The average Bonchev–Trinajstić information content (AvgIpc) is 3.28. The number of carbonyl (C=O) groups excluding carboxylic acids is 1. The molecule has 1 aromatic carbocycles. The Morgan fingerprint density at radius 3 is 2.79 bits per heavy atom. The van der Waals surface area contributed by atoms with Crippen molar-refractivity contribution in [2.24, 2.45) is 0 Å². The van der Waals surface area contributed by atoms with Gasteiger partial charge in [-0.15, -0.1) is 0 Å². The molecule has 33 heavy (non-hydrogen) atoms. The van der Waals surface area contributed by atoms with Crippen LogP contribution in [-0.4, -0.2) is 42.7 Å². The first kappa shape index (κ1) is 19.8. The molecule has 1 fully saturated rings. The summed E-state index contributed by atoms with van der Waals surface area (Å²) in [6.07, 6.45) is 5.20. The van der Waals surface area contributed by atoms with Gasteiger partial charge in [0.1, 0.15) is 19.0 Å². The molecule has 1 atom stereocenters. The molecular weight excluding hydrogens is 418 g/mol. The average molecular weight is 444 g/mol. The summed E-state index contributed by atoms with van der Waals surface area (Å²) < 4.78 is 11.1. The van der Waals surface area contributed by atoms with Gasteiger partial charge in [0.15, 0.2) is 5.75 Å². The molecule has 0 saturated carbocycles. The number of carbonyl (C=O) groups is 1. The molecule has 3 aliphatic rings. The zero-order valence-corrected chi connectivity index (χ0v) is 18.7. The minimum absolute atomic E-state index is 0.152. The Morgan fingerprint density at radius 1 is 1.06 bits per heavy atom. The quantitative estimate of drug-likeness (QED) is 0.647. The molecule has 1 unspecified atom stereocenters. The van der Waals surface area contributed by atoms with Gasteiger partial charge in [-0.1, -0.05) is 6.07 Å². The molecule has 8 heteroatoms. The zero-order chi connectivity index (χ0) is 22.5. The number of rotatable bonds is 3. The number of hydrogen-bond donors (Lipinski definition) is 1. The third-order valence-corrected chi connectivity index (χ3v) is 6.67. The molecule has 1 amide bonds. The zero-order valence-electron chi connectivity index (χ0n) is 18.7. The SMILES string of the molecule is CC1c2cc(Nc3cnc4c(c3)OCCO4)ncc2-c2ccc(N3CCCC3=O)cc2N1C. The minimum Gasteiger partial charge on any atom is -0.484 e. The summed E-state index contributed by atoms with van der Waals surface area (Å²) in [7, 11) is 2.10. The lowest BCUT2D eigenvalue weighted by Crippen LogP contribution is -2.28. The second-order valence-corrected chi connectivity index (χ2v) is 8.64. The highest BCUT2D eigenvalue weighted by Crippen LogP contribution is 2.46. The van der Waals surface area contributed by atoms with Gasteiger partial charge in [-0.25, -0.2) is 9.97 Å². The predicted molar refractivity (Wildman–Crippen MR) is 127 cm³/mol. The van der Waals surface area contributed by atoms with Gasteiger partial charge >= 0.3 is 0 Å². The third kappa shape index (κ3) is 3.33. The topological polar surface area (TPSA) is 79.8 Å². The molecule has 6 rings (SSSR count). The van der Waals surface area contributed by atoms with Gasteiger partial charge in [-0.05, 0) is 37.1 Å². The van der Waals surface area contributed by atoms with Crippen molar-refractivity contribution in [3.63, 3.8) is 0 Å². The fourth-order valence-electron chi connectivity index (χ4n) is 4.81. The normalized spacial score (nSPS) is 18.7. The molecule has 0 bridgehead atoms. The van der Waals surface area contributed by atoms with Crippen molar-refractivity contribution >= 4 is 28.8 Å². The van der Waals surface area contributed by atoms with Gasteiger partial charge in [-0.2, -0.15) is 0 Å². The van der Waals surface area contributed by atoms with E-state index in [0.29, 0.717) is 31.3 Å². The number of benzene rings is 1. The van der Waals surface area contributed by atoms with Crippen molar-refractivity contribution in [1.29, 1.82) is 0 Å². The number of hydrogen-bond acceptors (Lipinski definition) is 7. The molecule has 0 aliphatic carbocycles. The molecule has 0 spiro atoms. The number of nitrogens with zero attached hydrogens (tertiary/aromatic N) is 4. The maximum absolute atomic E-state index is 12.2. The molecule has 5 heterocycles. The second kappa shape index (κ2) is 7.65. The van der Waals surface area contributed by atoms with Crippen LogP contribution in [0.15, 0.2) is 42.7 Å². The largest absolute Gasteiger partial charge is 0.484 e. The number of ether oxygens (including phenoxy) is 2. The lowest BCUT2D eigenvalue weighted by molar-refractivity contribution is -0.117. The van der Waals surface area contributed by atoms with Crippen LogP contribution in [0, 0.1) is 0 Å². The van der Waals surface area contributed by atoms with E-state index in [-0.39, 0.29) is 11.9 Å². The predicted octanol–water partition coefficient (Wildman–Crippen LogP) is 4.30. The number of anilines is 4. The van der Waals surface area contributed by atoms with Crippen molar-refractivity contribution < 1.29 is 14.3 Å². The molecule has 3 aromatic rings. The summed E-state index contributed by atoms with van der Waals surface area (Å²) in [6, 6.07) is 10.4. The Bertz CT molecular complexity index is 1260. The maximum Gasteiger partial charge on any atom is 0.257 e. The van der Waals surface area contributed by atoms with Gasteiger partial charge < -0.3 is 24.6 Å². The van der Waals surface area contributed by atoms with E-state index in [1.54, 1.807) is 6.20 Å². The number of aromatic nitrogens is 2. The Balaban J connectivity index is 1.33. The van der Waals surface area contributed by atoms with Crippen molar-refractivity contribution in [3.05, 3.63) is 48.3 Å². The van der Waals surface area contributed by atoms with E-state index < -0.39 is 0 Å². The van der Waals surface area contributed by atoms with Gasteiger partial charge in [0.05, 0.1) is 17.9 Å². The van der Waals surface area contributed by atoms with E-state index in [1.165, 1.54) is 5.56 Å². The molecule has 8 nitrogen and oxygen atoms in total. The van der Waals surface area contributed by atoms with Gasteiger partial charge in [-0.3, -0.25) is 4.79 Å². The third-order valence-electron chi connectivity index (χ3n) is 6.67. The van der Waals surface area contributed by atoms with E-state index >= 15 is 0 Å². The molecule has 3 aliphatic heterocycles. The standard InChI is InChI=1S/C25H25N5O3/c1-15-19-12-23(28-16-10-22-25(27-13-16)33-9-8-32-22)26-14-20(19)18-6-5-17(11-21(18)29(15)2)30-7-3-4-24(30)31/h5-6,10-15H,3-4,7-9H2,1-2H3,(H,26,28). The number of amides is 1. The van der Waals surface area contributed by atoms with E-state index in [0.717, 1.165) is 47.0 Å². The van der Waals surface area contributed by atoms with E-state index in [2.05, 4.69) is 52.4 Å². The van der Waals surface area contributed by atoms with Crippen molar-refractivity contribution in [1.82, 2.24) is 9.97 Å². The van der Waals surface area contributed by atoms with Crippen LogP contribution < -0.4 is 24.6 Å². The number of fused-ring (bicyclic) bond motifs is 4. The van der Waals surface area contributed by atoms with Crippen LogP contribution in [0.2, 0.25) is 0 Å². The van der Waals surface area contributed by atoms with Gasteiger partial charge in [0.2, 0.25) is 5.91 Å². The van der Waals surface area contributed by atoms with E-state index in [9.17, 15) is 4.79 Å². The maximum atomic E-state index is 12.2. The second-order valence-electron chi connectivity index (χ2n) is 8.64. The first-order chi connectivity index (χ1) is 16.1. The monoisotopic (exact) mass is 443 g/mol. The highest BCUT2D eigenvalue weighted by atomic mass is 16.6. The Hall–Kier alpha value is -3.81. The lowest BCUT2D eigenvalue weighted by Gasteiger charge is -2.36. The Morgan fingerprint density at radius 2 is 1.94 bits per heavy atom. The summed E-state index contributed by atoms with van der Waals surface area (Å²) >= 11 is 0. The highest BCUT2D eigenvalue weighted by Gasteiger charge is 2.29. The summed E-state index contributed by atoms with van der Waals surface area (Å²) in [5, 5.41) is 3.34. The van der Waals surface area contributed by atoms with Gasteiger partial charge in [0.25, 0.3) is 5.88 Å². The molecular formula is C25H25N5O3. The van der Waals surface area contributed by atoms with Crippen LogP contribution in [0.5, 0.6) is 11.6 Å². The van der Waals surface area contributed by atoms with Crippen molar-refractivity contribution in [2.45, 2.75) is 25.8 Å². The first-order valence-electron chi connectivity index (χ1n) is 11.3. The van der Waals surface area contributed by atoms with E-state index in [1.807, 2.05) is 23.2 Å². The molecule has 1 N–H and O–H groups in total. The van der Waals surface area contributed by atoms with Crippen molar-refractivity contribution in [2.75, 3.05) is 41.9 Å². The smallest absolute Gasteiger partial charge is 0.257 e. The fourth-order valence-corrected chi connectivity index (χ4v) is 4.81. The van der Waals surface area contributed by atoms with Gasteiger partial charge in [0, 0.05) is 54.8 Å². The summed E-state index contributed by atoms with van der Waals surface area (Å²) in [5.74, 6) is 2.11. The van der Waals surface area contributed by atoms with Crippen molar-refractivity contribution in [3.8, 4) is 22.8 Å². The number of pyridine rings is 2. The first-order valence-corrected chi connectivity index (χ1v) is 11.3. The summed E-state index contributed by atoms with van der Waals surface area (Å²) in [6.45, 7) is 4.01. The minimum atomic E-state index is 0.152. The Labute approximate surface area is 192 Å².